The zero-order valence-electron chi connectivity index (χ0n) is 12.8. The number of carboxylic acid groups (broad SMARTS) is 1. The Hall–Kier alpha value is -2.04. The van der Waals surface area contributed by atoms with Crippen LogP contribution in [-0.4, -0.2) is 30.1 Å². The Bertz CT molecular complexity index is 485. The van der Waals surface area contributed by atoms with Crippen LogP contribution in [0.15, 0.2) is 24.3 Å². The zero-order valence-corrected chi connectivity index (χ0v) is 12.8. The molecule has 1 amide bonds. The second-order valence-electron chi connectivity index (χ2n) is 5.52. The fourth-order valence-electron chi connectivity index (χ4n) is 1.82. The molecule has 1 aromatic carbocycles. The molecule has 5 nitrogen and oxygen atoms in total. The predicted molar refractivity (Wildman–Crippen MR) is 80.5 cm³/mol. The second-order valence-corrected chi connectivity index (χ2v) is 5.52. The van der Waals surface area contributed by atoms with E-state index in [4.69, 9.17) is 9.84 Å². The maximum absolute atomic E-state index is 11.6. The van der Waals surface area contributed by atoms with Crippen molar-refractivity contribution in [1.29, 1.82) is 0 Å². The third-order valence-corrected chi connectivity index (χ3v) is 3.07. The van der Waals surface area contributed by atoms with Gasteiger partial charge >= 0.3 is 5.97 Å². The van der Waals surface area contributed by atoms with Crippen LogP contribution >= 0.6 is 0 Å². The molecular weight excluding hydrogens is 270 g/mol. The molecule has 5 heteroatoms. The number of hydrogen-bond acceptors (Lipinski definition) is 3. The van der Waals surface area contributed by atoms with Gasteiger partial charge in [-0.2, -0.15) is 0 Å². The lowest BCUT2D eigenvalue weighted by Crippen LogP contribution is -2.33. The van der Waals surface area contributed by atoms with Gasteiger partial charge in [-0.25, -0.2) is 0 Å². The lowest BCUT2D eigenvalue weighted by molar-refractivity contribution is -0.138. The molecule has 0 aliphatic rings. The Morgan fingerprint density at radius 3 is 2.62 bits per heavy atom. The number of benzene rings is 1. The lowest BCUT2D eigenvalue weighted by Gasteiger charge is -2.12. The zero-order chi connectivity index (χ0) is 15.8. The SMILES string of the molecule is CC(CNC(=O)COc1cccc(C(C)C)c1)CC(=O)O. The van der Waals surface area contributed by atoms with Crippen molar-refractivity contribution in [2.24, 2.45) is 5.92 Å². The normalized spacial score (nSPS) is 12.0. The Morgan fingerprint density at radius 1 is 1.29 bits per heavy atom. The van der Waals surface area contributed by atoms with Crippen molar-refractivity contribution >= 4 is 11.9 Å². The molecule has 0 heterocycles. The van der Waals surface area contributed by atoms with E-state index in [2.05, 4.69) is 19.2 Å². The van der Waals surface area contributed by atoms with E-state index in [-0.39, 0.29) is 24.9 Å². The third-order valence-electron chi connectivity index (χ3n) is 3.07. The van der Waals surface area contributed by atoms with Gasteiger partial charge in [-0.1, -0.05) is 32.9 Å². The highest BCUT2D eigenvalue weighted by atomic mass is 16.5. The number of carbonyl (C=O) groups is 2. The van der Waals surface area contributed by atoms with Crippen molar-refractivity contribution in [2.75, 3.05) is 13.2 Å². The average Bonchev–Trinajstić information content (AvgIpc) is 2.42. The smallest absolute Gasteiger partial charge is 0.303 e. The molecule has 0 fully saturated rings. The largest absolute Gasteiger partial charge is 0.484 e. The number of nitrogens with one attached hydrogen (secondary N) is 1. The third kappa shape index (κ3) is 6.79. The van der Waals surface area contributed by atoms with Gasteiger partial charge < -0.3 is 15.2 Å². The van der Waals surface area contributed by atoms with Crippen LogP contribution in [0.5, 0.6) is 5.75 Å². The van der Waals surface area contributed by atoms with Gasteiger partial charge in [0.2, 0.25) is 0 Å². The number of ether oxygens (including phenoxy) is 1. The Morgan fingerprint density at radius 2 is 2.00 bits per heavy atom. The maximum Gasteiger partial charge on any atom is 0.303 e. The van der Waals surface area contributed by atoms with Gasteiger partial charge in [0.05, 0.1) is 0 Å². The Kier molecular flexibility index (Phi) is 6.72. The molecule has 2 N–H and O–H groups in total. The van der Waals surface area contributed by atoms with Gasteiger partial charge in [0.15, 0.2) is 6.61 Å². The number of amides is 1. The van der Waals surface area contributed by atoms with E-state index in [0.29, 0.717) is 18.2 Å². The van der Waals surface area contributed by atoms with E-state index >= 15 is 0 Å². The van der Waals surface area contributed by atoms with Crippen LogP contribution in [0.25, 0.3) is 0 Å². The standard InChI is InChI=1S/C16H23NO4/c1-11(2)13-5-4-6-14(8-13)21-10-15(18)17-9-12(3)7-16(19)20/h4-6,8,11-12H,7,9-10H2,1-3H3,(H,17,18)(H,19,20). The topological polar surface area (TPSA) is 75.6 Å². The first-order valence-corrected chi connectivity index (χ1v) is 7.09. The lowest BCUT2D eigenvalue weighted by atomic mass is 10.0. The molecule has 0 saturated carbocycles. The van der Waals surface area contributed by atoms with Gasteiger partial charge in [0.25, 0.3) is 5.91 Å². The molecule has 0 aliphatic heterocycles. The second kappa shape index (κ2) is 8.29. The van der Waals surface area contributed by atoms with Crippen molar-refractivity contribution in [3.63, 3.8) is 0 Å². The van der Waals surface area contributed by atoms with Crippen molar-refractivity contribution < 1.29 is 19.4 Å². The number of carboxylic acids is 1. The quantitative estimate of drug-likeness (QED) is 0.772. The molecule has 0 aromatic heterocycles. The van der Waals surface area contributed by atoms with Gasteiger partial charge in [-0.15, -0.1) is 0 Å². The summed E-state index contributed by atoms with van der Waals surface area (Å²) in [6.07, 6.45) is 0.0393. The number of hydrogen-bond donors (Lipinski definition) is 2. The van der Waals surface area contributed by atoms with E-state index < -0.39 is 5.97 Å². The van der Waals surface area contributed by atoms with Gasteiger partial charge in [-0.05, 0) is 29.5 Å². The molecule has 0 bridgehead atoms. The highest BCUT2D eigenvalue weighted by Gasteiger charge is 2.10. The molecule has 1 aromatic rings. The summed E-state index contributed by atoms with van der Waals surface area (Å²) in [4.78, 5) is 22.2. The van der Waals surface area contributed by atoms with Crippen LogP contribution in [0, 0.1) is 5.92 Å². The van der Waals surface area contributed by atoms with E-state index in [9.17, 15) is 9.59 Å². The first-order valence-electron chi connectivity index (χ1n) is 7.09. The van der Waals surface area contributed by atoms with Gasteiger partial charge in [0.1, 0.15) is 5.75 Å². The van der Waals surface area contributed by atoms with E-state index in [1.807, 2.05) is 24.3 Å². The fraction of sp³-hybridized carbons (Fsp3) is 0.500. The van der Waals surface area contributed by atoms with Crippen molar-refractivity contribution in [3.8, 4) is 5.75 Å². The number of aliphatic carboxylic acids is 1. The molecule has 0 saturated heterocycles. The molecule has 116 valence electrons. The summed E-state index contributed by atoms with van der Waals surface area (Å²) < 4.78 is 5.44. The minimum absolute atomic E-state index is 0.0393. The number of rotatable bonds is 8. The van der Waals surface area contributed by atoms with Crippen LogP contribution in [0.3, 0.4) is 0 Å². The summed E-state index contributed by atoms with van der Waals surface area (Å²) in [6.45, 7) is 6.23. The summed E-state index contributed by atoms with van der Waals surface area (Å²) in [5, 5.41) is 11.3. The summed E-state index contributed by atoms with van der Waals surface area (Å²) in [5.74, 6) is -0.148. The summed E-state index contributed by atoms with van der Waals surface area (Å²) in [5.41, 5.74) is 1.16. The van der Waals surface area contributed by atoms with Gasteiger partial charge in [0, 0.05) is 13.0 Å². The number of carbonyl (C=O) groups excluding carboxylic acids is 1. The van der Waals surface area contributed by atoms with E-state index in [1.54, 1.807) is 6.92 Å². The summed E-state index contributed by atoms with van der Waals surface area (Å²) in [6, 6.07) is 7.65. The van der Waals surface area contributed by atoms with Crippen molar-refractivity contribution in [2.45, 2.75) is 33.1 Å². The molecule has 1 atom stereocenters. The van der Waals surface area contributed by atoms with E-state index in [0.717, 1.165) is 5.56 Å². The molecule has 1 rings (SSSR count). The predicted octanol–water partition coefficient (Wildman–Crippen LogP) is 2.42. The minimum Gasteiger partial charge on any atom is -0.484 e. The first kappa shape index (κ1) is 17.0. The first-order chi connectivity index (χ1) is 9.88. The average molecular weight is 293 g/mol. The van der Waals surface area contributed by atoms with Crippen LogP contribution in [0.1, 0.15) is 38.7 Å². The Balaban J connectivity index is 2.36. The molecule has 21 heavy (non-hydrogen) atoms. The van der Waals surface area contributed by atoms with E-state index in [1.165, 1.54) is 0 Å². The fourth-order valence-corrected chi connectivity index (χ4v) is 1.82. The van der Waals surface area contributed by atoms with Crippen LogP contribution in [0.2, 0.25) is 0 Å². The van der Waals surface area contributed by atoms with Crippen molar-refractivity contribution in [1.82, 2.24) is 5.32 Å². The molecule has 0 radical (unpaired) electrons. The summed E-state index contributed by atoms with van der Waals surface area (Å²) >= 11 is 0. The minimum atomic E-state index is -0.863. The van der Waals surface area contributed by atoms with Crippen molar-refractivity contribution in [3.05, 3.63) is 29.8 Å². The van der Waals surface area contributed by atoms with Crippen LogP contribution < -0.4 is 10.1 Å². The maximum atomic E-state index is 11.6. The van der Waals surface area contributed by atoms with Gasteiger partial charge in [-0.3, -0.25) is 9.59 Å². The molecule has 1 unspecified atom stereocenters. The highest BCUT2D eigenvalue weighted by Crippen LogP contribution is 2.19. The Labute approximate surface area is 125 Å². The highest BCUT2D eigenvalue weighted by molar-refractivity contribution is 5.77. The molecule has 0 aliphatic carbocycles. The van der Waals surface area contributed by atoms with Crippen LogP contribution in [0.4, 0.5) is 0 Å². The molecular formula is C16H23NO4. The monoisotopic (exact) mass is 293 g/mol. The molecule has 0 spiro atoms. The summed E-state index contributed by atoms with van der Waals surface area (Å²) in [7, 11) is 0. The van der Waals surface area contributed by atoms with Crippen LogP contribution in [-0.2, 0) is 9.59 Å².